The van der Waals surface area contributed by atoms with Crippen LogP contribution in [0.25, 0.3) is 0 Å². The largest absolute Gasteiger partial charge is 0.454 e. The number of halogens is 1. The van der Waals surface area contributed by atoms with E-state index in [1.807, 2.05) is 12.1 Å². The number of aliphatic hydroxyl groups excluding tert-OH is 1. The van der Waals surface area contributed by atoms with Gasteiger partial charge < -0.3 is 24.1 Å². The summed E-state index contributed by atoms with van der Waals surface area (Å²) in [6, 6.07) is 7.43. The first-order valence-electron chi connectivity index (χ1n) is 13.6. The van der Waals surface area contributed by atoms with Crippen molar-refractivity contribution in [3.05, 3.63) is 53.1 Å². The van der Waals surface area contributed by atoms with Crippen LogP contribution in [0.3, 0.4) is 0 Å². The van der Waals surface area contributed by atoms with Gasteiger partial charge in [-0.15, -0.1) is 0 Å². The van der Waals surface area contributed by atoms with Gasteiger partial charge in [0.2, 0.25) is 24.6 Å². The fourth-order valence-electron chi connectivity index (χ4n) is 5.68. The molecule has 0 radical (unpaired) electrons. The average molecular weight is 671 g/mol. The summed E-state index contributed by atoms with van der Waals surface area (Å²) in [6.07, 6.45) is 1.56. The van der Waals surface area contributed by atoms with Crippen LogP contribution >= 0.6 is 8.02 Å². The second kappa shape index (κ2) is 15.4. The van der Waals surface area contributed by atoms with Gasteiger partial charge in [0.05, 0.1) is 12.0 Å². The van der Waals surface area contributed by atoms with E-state index in [-0.39, 0.29) is 53.7 Å². The van der Waals surface area contributed by atoms with Crippen LogP contribution in [0.15, 0.2) is 30.5 Å². The van der Waals surface area contributed by atoms with Gasteiger partial charge in [0, 0.05) is 74.0 Å². The van der Waals surface area contributed by atoms with E-state index in [0.29, 0.717) is 43.1 Å². The van der Waals surface area contributed by atoms with Crippen LogP contribution in [-0.4, -0.2) is 68.2 Å². The zero-order valence-electron chi connectivity index (χ0n) is 23.9. The predicted octanol–water partition coefficient (Wildman–Crippen LogP) is 4.43. The van der Waals surface area contributed by atoms with Gasteiger partial charge in [-0.25, -0.2) is 4.98 Å². The van der Waals surface area contributed by atoms with Crippen molar-refractivity contribution in [1.29, 1.82) is 0 Å². The molecule has 1 N–H and O–H groups in total. The molecule has 0 unspecified atom stereocenters. The van der Waals surface area contributed by atoms with E-state index >= 15 is 0 Å². The van der Waals surface area contributed by atoms with E-state index < -0.39 is 37.9 Å². The molecule has 2 aliphatic heterocycles. The number of likely N-dealkylation sites (tertiary alicyclic amines) is 1. The molecule has 226 valence electrons. The number of pyridine rings is 1. The second-order valence-corrected chi connectivity index (χ2v) is 17.1. The number of rotatable bonds is 9. The van der Waals surface area contributed by atoms with Crippen molar-refractivity contribution in [2.24, 2.45) is 11.8 Å². The zero-order chi connectivity index (χ0) is 29.7. The summed E-state index contributed by atoms with van der Waals surface area (Å²) in [4.78, 5) is 31.8. The Labute approximate surface area is 268 Å². The van der Waals surface area contributed by atoms with Crippen molar-refractivity contribution >= 4 is 39.7 Å². The summed E-state index contributed by atoms with van der Waals surface area (Å²) in [5.41, 5.74) is 2.03. The number of benzene rings is 1. The van der Waals surface area contributed by atoms with E-state index in [9.17, 15) is 19.1 Å². The molecule has 2 amide bonds. The maximum atomic E-state index is 14.1. The standard InChI is InChI=1S/C28H35FN2O7Si.HPS.Ti/c1-39(2,3)10-9-35-15-38-27-19-12-22-21(36-16-37-22)11-18(19)25(17-6-7-23(29)30-13-17)26(20(27)14-32)28(34)31-8-4-5-24(31)33;1-2;/h6-7,11-13,20,25-27,32H,4-5,8-10,14-16H2,1-3H3;1H;/t20-,25+,26+,27-;;/m0../s1. The van der Waals surface area contributed by atoms with E-state index in [4.69, 9.17) is 18.9 Å². The van der Waals surface area contributed by atoms with Gasteiger partial charge in [0.1, 0.15) is 6.79 Å². The van der Waals surface area contributed by atoms with Gasteiger partial charge in [0.25, 0.3) is 0 Å². The third-order valence-corrected chi connectivity index (χ3v) is 9.41. The second-order valence-electron chi connectivity index (χ2n) is 11.5. The molecule has 0 saturated carbocycles. The van der Waals surface area contributed by atoms with Crippen LogP contribution in [0.5, 0.6) is 11.5 Å². The molecule has 5 rings (SSSR count). The Hall–Kier alpha value is -1.63. The van der Waals surface area contributed by atoms with Crippen molar-refractivity contribution in [2.75, 3.05) is 33.3 Å². The third kappa shape index (κ3) is 7.71. The Balaban J connectivity index is 0.00000158. The number of carbonyl (C=O) groups excluding carboxylic acids is 2. The number of imide groups is 1. The van der Waals surface area contributed by atoms with Gasteiger partial charge in [-0.3, -0.25) is 14.5 Å². The molecule has 1 aromatic carbocycles. The van der Waals surface area contributed by atoms with Crippen LogP contribution in [0.4, 0.5) is 4.39 Å². The molecule has 4 atom stereocenters. The van der Waals surface area contributed by atoms with E-state index in [1.165, 1.54) is 17.2 Å². The van der Waals surface area contributed by atoms with E-state index in [1.54, 1.807) is 6.07 Å². The first kappa shape index (κ1) is 34.9. The van der Waals surface area contributed by atoms with Crippen molar-refractivity contribution < 1.29 is 59.8 Å². The minimum Gasteiger partial charge on any atom is -0.454 e. The van der Waals surface area contributed by atoms with E-state index in [2.05, 4.69) is 44.4 Å². The number of amides is 2. The first-order valence-corrected chi connectivity index (χ1v) is 18.9. The molecular weight excluding hydrogens is 634 g/mol. The van der Waals surface area contributed by atoms with Crippen LogP contribution in [0.2, 0.25) is 25.7 Å². The summed E-state index contributed by atoms with van der Waals surface area (Å²) in [5, 5.41) is 10.7. The fraction of sp³-hybridized carbons (Fsp3) is 0.536. The number of aromatic nitrogens is 1. The maximum absolute atomic E-state index is 14.1. The Bertz CT molecular complexity index is 1260. The number of fused-ring (bicyclic) bond motifs is 2. The third-order valence-electron chi connectivity index (χ3n) is 7.70. The predicted molar refractivity (Wildman–Crippen MR) is 157 cm³/mol. The molecule has 14 heteroatoms. The molecule has 9 nitrogen and oxygen atoms in total. The summed E-state index contributed by atoms with van der Waals surface area (Å²) in [5.74, 6) is -2.43. The number of carbonyl (C=O) groups is 2. The Morgan fingerprint density at radius 1 is 1.21 bits per heavy atom. The number of aliphatic hydroxyl groups is 1. The normalized spacial score (nSPS) is 22.6. The van der Waals surface area contributed by atoms with Gasteiger partial charge in [-0.2, -0.15) is 4.39 Å². The molecule has 1 aromatic heterocycles. The Morgan fingerprint density at radius 2 is 1.90 bits per heavy atom. The van der Waals surface area contributed by atoms with E-state index in [0.717, 1.165) is 17.2 Å². The molecule has 1 aliphatic carbocycles. The van der Waals surface area contributed by atoms with Crippen LogP contribution in [0.1, 0.15) is 41.6 Å². The molecular formula is C28H36FN2O7PSSiTi. The summed E-state index contributed by atoms with van der Waals surface area (Å²) in [6.45, 7) is 7.32. The van der Waals surface area contributed by atoms with Crippen molar-refractivity contribution in [3.63, 3.8) is 0 Å². The molecule has 0 spiro atoms. The van der Waals surface area contributed by atoms with Crippen LogP contribution in [-0.2, 0) is 52.6 Å². The van der Waals surface area contributed by atoms with Crippen molar-refractivity contribution in [2.45, 2.75) is 50.5 Å². The first-order chi connectivity index (χ1) is 19.7. The summed E-state index contributed by atoms with van der Waals surface area (Å²) >= 11 is 3.89. The number of nitrogens with zero attached hydrogens (tertiary/aromatic N) is 2. The van der Waals surface area contributed by atoms with Gasteiger partial charge in [-0.05, 0) is 55.4 Å². The Morgan fingerprint density at radius 3 is 2.48 bits per heavy atom. The molecule has 1 fully saturated rings. The van der Waals surface area contributed by atoms with Gasteiger partial charge in [-0.1, -0.05) is 37.5 Å². The number of hydrogen-bond acceptors (Lipinski definition) is 9. The van der Waals surface area contributed by atoms with Gasteiger partial charge >= 0.3 is 0 Å². The number of hydrogen-bond donors (Lipinski definition) is 1. The minimum atomic E-state index is -1.30. The molecule has 2 aromatic rings. The summed E-state index contributed by atoms with van der Waals surface area (Å²) < 4.78 is 37.2. The van der Waals surface area contributed by atoms with Crippen molar-refractivity contribution in [3.8, 4) is 11.5 Å². The molecule has 1 saturated heterocycles. The van der Waals surface area contributed by atoms with Gasteiger partial charge in [0.15, 0.2) is 11.5 Å². The monoisotopic (exact) mass is 670 g/mol. The molecule has 3 heterocycles. The Kier molecular flexibility index (Phi) is 12.8. The smallest absolute Gasteiger partial charge is 0.233 e. The molecule has 42 heavy (non-hydrogen) atoms. The minimum absolute atomic E-state index is 0. The topological polar surface area (TPSA) is 107 Å². The maximum Gasteiger partial charge on any atom is 0.233 e. The van der Waals surface area contributed by atoms with Crippen molar-refractivity contribution in [1.82, 2.24) is 9.88 Å². The quantitative estimate of drug-likeness (QED) is 0.104. The summed E-state index contributed by atoms with van der Waals surface area (Å²) in [7, 11) is 1.25. The SMILES string of the molecule is C[Si](C)(C)CCOCO[C@H]1c2cc3c(cc2[C@@H](c2ccc(F)nc2)[C@H](C(=O)N2CCCC2=O)[C@@H]1CO)OCO3.P=S.[Ti]. The van der Waals surface area contributed by atoms with Crippen LogP contribution in [0, 0.1) is 17.8 Å². The molecule has 3 aliphatic rings. The average Bonchev–Trinajstić information content (AvgIpc) is 3.60. The van der Waals surface area contributed by atoms with Crippen LogP contribution < -0.4 is 9.47 Å². The molecule has 0 bridgehead atoms. The fourth-order valence-corrected chi connectivity index (χ4v) is 6.43. The zero-order valence-corrected chi connectivity index (χ0v) is 28.3. The number of ether oxygens (including phenoxy) is 4.